The lowest BCUT2D eigenvalue weighted by Gasteiger charge is -2.12. The fraction of sp³-hybridized carbons (Fsp3) is 0.462. The Balaban J connectivity index is 1.53. The molecule has 1 fully saturated rings. The van der Waals surface area contributed by atoms with Gasteiger partial charge in [0.05, 0.1) is 5.69 Å². The van der Waals surface area contributed by atoms with E-state index in [4.69, 9.17) is 17.3 Å². The quantitative estimate of drug-likeness (QED) is 0.822. The average molecular weight is 325 g/mol. The number of halogens is 1. The first kappa shape index (κ1) is 14.3. The molecule has 0 aromatic carbocycles. The number of hydrogen-bond acceptors (Lipinski definition) is 7. The van der Waals surface area contributed by atoms with Crippen molar-refractivity contribution >= 4 is 39.8 Å². The van der Waals surface area contributed by atoms with Crippen LogP contribution in [0, 0.1) is 0 Å². The van der Waals surface area contributed by atoms with Crippen LogP contribution in [0.4, 0.5) is 16.9 Å². The summed E-state index contributed by atoms with van der Waals surface area (Å²) in [5, 5.41) is 6.79. The lowest BCUT2D eigenvalue weighted by atomic mass is 10.3. The lowest BCUT2D eigenvalue weighted by Crippen LogP contribution is -2.17. The summed E-state index contributed by atoms with van der Waals surface area (Å²) in [5.74, 6) is 0.817. The molecule has 21 heavy (non-hydrogen) atoms. The van der Waals surface area contributed by atoms with Crippen LogP contribution in [0.15, 0.2) is 11.4 Å². The van der Waals surface area contributed by atoms with E-state index in [1.807, 2.05) is 0 Å². The van der Waals surface area contributed by atoms with Gasteiger partial charge in [-0.3, -0.25) is 0 Å². The second-order valence-corrected chi connectivity index (χ2v) is 6.15. The summed E-state index contributed by atoms with van der Waals surface area (Å²) in [6.45, 7) is 2.99. The van der Waals surface area contributed by atoms with Gasteiger partial charge in [-0.1, -0.05) is 11.6 Å². The molecule has 0 unspecified atom stereocenters. The number of thiazole rings is 1. The molecule has 0 amide bonds. The molecule has 3 N–H and O–H groups in total. The highest BCUT2D eigenvalue weighted by molar-refractivity contribution is 7.13. The Morgan fingerprint density at radius 1 is 1.29 bits per heavy atom. The highest BCUT2D eigenvalue weighted by Gasteiger charge is 2.15. The largest absolute Gasteiger partial charge is 0.369 e. The van der Waals surface area contributed by atoms with Gasteiger partial charge in [0, 0.05) is 37.5 Å². The van der Waals surface area contributed by atoms with Crippen molar-refractivity contribution in [3.63, 3.8) is 0 Å². The van der Waals surface area contributed by atoms with Gasteiger partial charge in [-0.2, -0.15) is 4.98 Å². The standard InChI is InChI=1S/C13H17ClN6S/c14-10-7-11(19-12(15)18-10)16-4-3-9-8-21-13(17-9)20-5-1-2-6-20/h7-8H,1-6H2,(H3,15,16,18,19). The molecule has 2 aromatic heterocycles. The zero-order chi connectivity index (χ0) is 14.7. The zero-order valence-corrected chi connectivity index (χ0v) is 13.1. The molecule has 1 saturated heterocycles. The molecule has 3 heterocycles. The summed E-state index contributed by atoms with van der Waals surface area (Å²) < 4.78 is 0. The summed E-state index contributed by atoms with van der Waals surface area (Å²) in [4.78, 5) is 14.9. The minimum atomic E-state index is 0.176. The number of nitrogens with zero attached hydrogens (tertiary/aromatic N) is 4. The van der Waals surface area contributed by atoms with E-state index < -0.39 is 0 Å². The molecular formula is C13H17ClN6S. The van der Waals surface area contributed by atoms with Crippen molar-refractivity contribution in [3.05, 3.63) is 22.3 Å². The summed E-state index contributed by atoms with van der Waals surface area (Å²) in [6.07, 6.45) is 3.38. The summed E-state index contributed by atoms with van der Waals surface area (Å²) in [5.41, 5.74) is 6.65. The number of anilines is 3. The minimum absolute atomic E-state index is 0.176. The van der Waals surface area contributed by atoms with E-state index in [0.717, 1.165) is 36.9 Å². The Kier molecular flexibility index (Phi) is 4.40. The van der Waals surface area contributed by atoms with E-state index in [0.29, 0.717) is 11.0 Å². The van der Waals surface area contributed by atoms with E-state index in [1.54, 1.807) is 17.4 Å². The predicted octanol–water partition coefficient (Wildman–Crippen LogP) is 2.42. The van der Waals surface area contributed by atoms with Crippen molar-refractivity contribution in [2.45, 2.75) is 19.3 Å². The maximum atomic E-state index is 5.83. The Labute approximate surface area is 132 Å². The third-order valence-corrected chi connectivity index (χ3v) is 4.46. The first-order valence-electron chi connectivity index (χ1n) is 6.94. The molecule has 0 atom stereocenters. The van der Waals surface area contributed by atoms with E-state index >= 15 is 0 Å². The second-order valence-electron chi connectivity index (χ2n) is 4.93. The third-order valence-electron chi connectivity index (χ3n) is 3.32. The van der Waals surface area contributed by atoms with Gasteiger partial charge in [-0.05, 0) is 12.8 Å². The van der Waals surface area contributed by atoms with E-state index in [1.165, 1.54) is 12.8 Å². The molecule has 0 spiro atoms. The van der Waals surface area contributed by atoms with Gasteiger partial charge in [0.1, 0.15) is 11.0 Å². The van der Waals surface area contributed by atoms with Crippen molar-refractivity contribution in [1.29, 1.82) is 0 Å². The SMILES string of the molecule is Nc1nc(Cl)cc(NCCc2csc(N3CCCC3)n2)n1. The Hall–Kier alpha value is -1.60. The molecule has 0 radical (unpaired) electrons. The number of nitrogens with two attached hydrogens (primary N) is 1. The number of nitrogens with one attached hydrogen (secondary N) is 1. The van der Waals surface area contributed by atoms with Gasteiger partial charge in [0.2, 0.25) is 5.95 Å². The number of hydrogen-bond donors (Lipinski definition) is 2. The van der Waals surface area contributed by atoms with Crippen molar-refractivity contribution in [1.82, 2.24) is 15.0 Å². The highest BCUT2D eigenvalue weighted by atomic mass is 35.5. The summed E-state index contributed by atoms with van der Waals surface area (Å²) >= 11 is 7.55. The molecule has 112 valence electrons. The minimum Gasteiger partial charge on any atom is -0.369 e. The molecule has 6 nitrogen and oxygen atoms in total. The molecule has 1 aliphatic heterocycles. The summed E-state index contributed by atoms with van der Waals surface area (Å²) in [6, 6.07) is 1.66. The van der Waals surface area contributed by atoms with Gasteiger partial charge >= 0.3 is 0 Å². The smallest absolute Gasteiger partial charge is 0.223 e. The first-order valence-corrected chi connectivity index (χ1v) is 8.20. The Bertz CT molecular complexity index is 590. The van der Waals surface area contributed by atoms with Crippen LogP contribution in [0.2, 0.25) is 5.15 Å². The van der Waals surface area contributed by atoms with E-state index in [-0.39, 0.29) is 5.95 Å². The van der Waals surface area contributed by atoms with Crippen LogP contribution in [-0.4, -0.2) is 34.6 Å². The Morgan fingerprint density at radius 3 is 2.86 bits per heavy atom. The molecule has 0 aliphatic carbocycles. The van der Waals surface area contributed by atoms with E-state index in [2.05, 4.69) is 30.5 Å². The van der Waals surface area contributed by atoms with Gasteiger partial charge in [0.15, 0.2) is 5.13 Å². The highest BCUT2D eigenvalue weighted by Crippen LogP contribution is 2.24. The van der Waals surface area contributed by atoms with Crippen LogP contribution in [0.25, 0.3) is 0 Å². The number of aromatic nitrogens is 3. The molecule has 2 aromatic rings. The lowest BCUT2D eigenvalue weighted by molar-refractivity contribution is 0.923. The fourth-order valence-electron chi connectivity index (χ4n) is 2.31. The molecular weight excluding hydrogens is 308 g/mol. The molecule has 8 heteroatoms. The topological polar surface area (TPSA) is 80.0 Å². The second kappa shape index (κ2) is 6.44. The van der Waals surface area contributed by atoms with Crippen LogP contribution < -0.4 is 16.0 Å². The monoisotopic (exact) mass is 324 g/mol. The van der Waals surface area contributed by atoms with Crippen LogP contribution in [0.3, 0.4) is 0 Å². The van der Waals surface area contributed by atoms with Crippen molar-refractivity contribution in [2.24, 2.45) is 0 Å². The first-order chi connectivity index (χ1) is 10.2. The molecule has 3 rings (SSSR count). The molecule has 0 bridgehead atoms. The predicted molar refractivity (Wildman–Crippen MR) is 87.2 cm³/mol. The molecule has 0 saturated carbocycles. The van der Waals surface area contributed by atoms with Crippen LogP contribution in [0.5, 0.6) is 0 Å². The van der Waals surface area contributed by atoms with Crippen LogP contribution in [-0.2, 0) is 6.42 Å². The normalized spacial score (nSPS) is 14.6. The van der Waals surface area contributed by atoms with Gasteiger partial charge in [-0.15, -0.1) is 11.3 Å². The van der Waals surface area contributed by atoms with Crippen molar-refractivity contribution in [2.75, 3.05) is 35.6 Å². The van der Waals surface area contributed by atoms with Gasteiger partial charge < -0.3 is 16.0 Å². The van der Waals surface area contributed by atoms with Crippen LogP contribution in [0.1, 0.15) is 18.5 Å². The third kappa shape index (κ3) is 3.74. The number of rotatable bonds is 5. The van der Waals surface area contributed by atoms with Crippen molar-refractivity contribution in [3.8, 4) is 0 Å². The Morgan fingerprint density at radius 2 is 2.10 bits per heavy atom. The maximum Gasteiger partial charge on any atom is 0.223 e. The summed E-state index contributed by atoms with van der Waals surface area (Å²) in [7, 11) is 0. The van der Waals surface area contributed by atoms with Crippen LogP contribution >= 0.6 is 22.9 Å². The zero-order valence-electron chi connectivity index (χ0n) is 11.5. The number of nitrogen functional groups attached to an aromatic ring is 1. The van der Waals surface area contributed by atoms with E-state index in [9.17, 15) is 0 Å². The fourth-order valence-corrected chi connectivity index (χ4v) is 3.41. The van der Waals surface area contributed by atoms with Gasteiger partial charge in [-0.25, -0.2) is 9.97 Å². The molecule has 1 aliphatic rings. The average Bonchev–Trinajstić information content (AvgIpc) is 3.08. The van der Waals surface area contributed by atoms with Gasteiger partial charge in [0.25, 0.3) is 0 Å². The van der Waals surface area contributed by atoms with Crippen molar-refractivity contribution < 1.29 is 0 Å². The maximum absolute atomic E-state index is 5.83.